The number of thioether (sulfide) groups is 1. The fraction of sp³-hybridized carbons (Fsp3) is 0.533. The minimum atomic E-state index is 1.15. The molecule has 1 aromatic rings. The molecule has 2 nitrogen and oxygen atoms in total. The van der Waals surface area contributed by atoms with Gasteiger partial charge in [-0.25, -0.2) is 4.99 Å². The molecule has 1 aliphatic rings. The predicted molar refractivity (Wildman–Crippen MR) is 82.0 cm³/mol. The molecule has 0 radical (unpaired) electrons. The molecule has 1 aliphatic heterocycles. The topological polar surface area (TPSA) is 15.6 Å². The van der Waals surface area contributed by atoms with Crippen LogP contribution in [-0.4, -0.2) is 28.9 Å². The maximum Gasteiger partial charge on any atom is 0.164 e. The minimum Gasteiger partial charge on any atom is -0.350 e. The molecule has 0 aliphatic carbocycles. The molecule has 0 N–H and O–H groups in total. The molecule has 0 saturated carbocycles. The summed E-state index contributed by atoms with van der Waals surface area (Å²) in [6.07, 6.45) is 2.50. The van der Waals surface area contributed by atoms with E-state index in [9.17, 15) is 0 Å². The zero-order valence-corrected chi connectivity index (χ0v) is 12.4. The van der Waals surface area contributed by atoms with Crippen LogP contribution in [0.2, 0.25) is 0 Å². The summed E-state index contributed by atoms with van der Waals surface area (Å²) in [5, 5.41) is 1.21. The summed E-state index contributed by atoms with van der Waals surface area (Å²) in [5.74, 6) is 1.17. The second-order valence-corrected chi connectivity index (χ2v) is 5.89. The molecule has 2 rings (SSSR count). The van der Waals surface area contributed by atoms with Gasteiger partial charge in [0.25, 0.3) is 0 Å². The Labute approximate surface area is 114 Å². The Morgan fingerprint density at radius 2 is 2.00 bits per heavy atom. The number of aliphatic imine (C=N–C) groups is 1. The third-order valence-corrected chi connectivity index (χ3v) is 4.29. The van der Waals surface area contributed by atoms with Crippen LogP contribution in [0.4, 0.5) is 5.69 Å². The molecule has 0 aromatic heterocycles. The van der Waals surface area contributed by atoms with Crippen molar-refractivity contribution in [2.75, 3.05) is 18.8 Å². The van der Waals surface area contributed by atoms with E-state index in [0.717, 1.165) is 18.8 Å². The van der Waals surface area contributed by atoms with E-state index >= 15 is 0 Å². The standard InChI is InChI=1S/C15H22N2S/c1-4-5-9-17-10-11-18-15(17)16-14-12(2)7-6-8-13(14)3/h6-8H,4-5,9-11H2,1-3H3. The second-order valence-electron chi connectivity index (χ2n) is 4.82. The summed E-state index contributed by atoms with van der Waals surface area (Å²) in [4.78, 5) is 7.33. The Kier molecular flexibility index (Phi) is 4.70. The largest absolute Gasteiger partial charge is 0.350 e. The van der Waals surface area contributed by atoms with Gasteiger partial charge < -0.3 is 4.90 Å². The summed E-state index contributed by atoms with van der Waals surface area (Å²) in [5.41, 5.74) is 3.69. The minimum absolute atomic E-state index is 1.15. The molecule has 1 aromatic carbocycles. The predicted octanol–water partition coefficient (Wildman–Crippen LogP) is 4.14. The van der Waals surface area contributed by atoms with E-state index in [1.165, 1.54) is 34.9 Å². The molecular weight excluding hydrogens is 240 g/mol. The van der Waals surface area contributed by atoms with Gasteiger partial charge in [-0.3, -0.25) is 0 Å². The SMILES string of the molecule is CCCCN1CCSC1=Nc1c(C)cccc1C. The summed E-state index contributed by atoms with van der Waals surface area (Å²) in [6, 6.07) is 6.38. The van der Waals surface area contributed by atoms with Crippen molar-refractivity contribution < 1.29 is 0 Å². The van der Waals surface area contributed by atoms with Gasteiger partial charge >= 0.3 is 0 Å². The molecule has 0 unspecified atom stereocenters. The molecule has 1 heterocycles. The number of amidine groups is 1. The highest BCUT2D eigenvalue weighted by molar-refractivity contribution is 8.14. The number of rotatable bonds is 4. The molecule has 1 fully saturated rings. The van der Waals surface area contributed by atoms with E-state index in [-0.39, 0.29) is 0 Å². The smallest absolute Gasteiger partial charge is 0.164 e. The Bertz CT molecular complexity index is 420. The molecule has 0 amide bonds. The highest BCUT2D eigenvalue weighted by Gasteiger charge is 2.19. The number of unbranched alkanes of at least 4 members (excludes halogenated alkanes) is 1. The highest BCUT2D eigenvalue weighted by Crippen LogP contribution is 2.28. The van der Waals surface area contributed by atoms with Crippen molar-refractivity contribution in [1.29, 1.82) is 0 Å². The van der Waals surface area contributed by atoms with Crippen molar-refractivity contribution >= 4 is 22.6 Å². The van der Waals surface area contributed by atoms with Crippen LogP contribution >= 0.6 is 11.8 Å². The van der Waals surface area contributed by atoms with E-state index in [1.54, 1.807) is 0 Å². The van der Waals surface area contributed by atoms with Gasteiger partial charge in [-0.2, -0.15) is 0 Å². The Morgan fingerprint density at radius 3 is 2.67 bits per heavy atom. The van der Waals surface area contributed by atoms with Crippen LogP contribution < -0.4 is 0 Å². The number of para-hydroxylation sites is 1. The molecule has 3 heteroatoms. The van der Waals surface area contributed by atoms with Gasteiger partial charge in [0.05, 0.1) is 5.69 Å². The Balaban J connectivity index is 2.21. The first-order chi connectivity index (χ1) is 8.72. The van der Waals surface area contributed by atoms with Gasteiger partial charge in [-0.05, 0) is 31.4 Å². The monoisotopic (exact) mass is 262 g/mol. The van der Waals surface area contributed by atoms with Crippen molar-refractivity contribution in [2.24, 2.45) is 4.99 Å². The van der Waals surface area contributed by atoms with E-state index in [4.69, 9.17) is 4.99 Å². The lowest BCUT2D eigenvalue weighted by atomic mass is 10.1. The number of aryl methyl sites for hydroxylation is 2. The van der Waals surface area contributed by atoms with Crippen molar-refractivity contribution in [3.8, 4) is 0 Å². The van der Waals surface area contributed by atoms with E-state index in [0.29, 0.717) is 0 Å². The molecular formula is C15H22N2S. The van der Waals surface area contributed by atoms with Crippen LogP contribution in [0.15, 0.2) is 23.2 Å². The third kappa shape index (κ3) is 3.08. The van der Waals surface area contributed by atoms with Crippen molar-refractivity contribution in [3.63, 3.8) is 0 Å². The third-order valence-electron chi connectivity index (χ3n) is 3.29. The maximum absolute atomic E-state index is 4.90. The highest BCUT2D eigenvalue weighted by atomic mass is 32.2. The quantitative estimate of drug-likeness (QED) is 0.810. The molecule has 0 atom stereocenters. The first-order valence-electron chi connectivity index (χ1n) is 6.75. The number of nitrogens with zero attached hydrogens (tertiary/aromatic N) is 2. The molecule has 0 spiro atoms. The second kappa shape index (κ2) is 6.28. The average molecular weight is 262 g/mol. The van der Waals surface area contributed by atoms with E-state index in [1.807, 2.05) is 11.8 Å². The Hall–Kier alpha value is -0.960. The van der Waals surface area contributed by atoms with Gasteiger partial charge in [0.2, 0.25) is 0 Å². The molecule has 98 valence electrons. The fourth-order valence-corrected chi connectivity index (χ4v) is 3.19. The van der Waals surface area contributed by atoms with Crippen LogP contribution in [0, 0.1) is 13.8 Å². The number of hydrogen-bond acceptors (Lipinski definition) is 2. The molecule has 18 heavy (non-hydrogen) atoms. The van der Waals surface area contributed by atoms with E-state index in [2.05, 4.69) is 43.9 Å². The van der Waals surface area contributed by atoms with Crippen LogP contribution in [0.1, 0.15) is 30.9 Å². The Morgan fingerprint density at radius 1 is 1.28 bits per heavy atom. The number of hydrogen-bond donors (Lipinski definition) is 0. The molecule has 1 saturated heterocycles. The van der Waals surface area contributed by atoms with Crippen molar-refractivity contribution in [3.05, 3.63) is 29.3 Å². The van der Waals surface area contributed by atoms with Crippen molar-refractivity contribution in [2.45, 2.75) is 33.6 Å². The summed E-state index contributed by atoms with van der Waals surface area (Å²) < 4.78 is 0. The summed E-state index contributed by atoms with van der Waals surface area (Å²) >= 11 is 1.89. The van der Waals surface area contributed by atoms with Crippen LogP contribution in [0.3, 0.4) is 0 Å². The van der Waals surface area contributed by atoms with Gasteiger partial charge in [0.15, 0.2) is 5.17 Å². The maximum atomic E-state index is 4.90. The number of benzene rings is 1. The van der Waals surface area contributed by atoms with Crippen LogP contribution in [-0.2, 0) is 0 Å². The normalized spacial score (nSPS) is 17.7. The first-order valence-corrected chi connectivity index (χ1v) is 7.73. The zero-order valence-electron chi connectivity index (χ0n) is 11.6. The van der Waals surface area contributed by atoms with E-state index < -0.39 is 0 Å². The van der Waals surface area contributed by atoms with Crippen LogP contribution in [0.25, 0.3) is 0 Å². The zero-order chi connectivity index (χ0) is 13.0. The van der Waals surface area contributed by atoms with Gasteiger partial charge in [-0.1, -0.05) is 43.3 Å². The lowest BCUT2D eigenvalue weighted by Crippen LogP contribution is -2.25. The summed E-state index contributed by atoms with van der Waals surface area (Å²) in [7, 11) is 0. The first kappa shape index (κ1) is 13.5. The lowest BCUT2D eigenvalue weighted by molar-refractivity contribution is 0.447. The van der Waals surface area contributed by atoms with Gasteiger partial charge in [0.1, 0.15) is 0 Å². The molecule has 0 bridgehead atoms. The van der Waals surface area contributed by atoms with Crippen molar-refractivity contribution in [1.82, 2.24) is 4.90 Å². The fourth-order valence-electron chi connectivity index (χ4n) is 2.17. The average Bonchev–Trinajstić information content (AvgIpc) is 2.79. The van der Waals surface area contributed by atoms with Gasteiger partial charge in [0, 0.05) is 18.8 Å². The lowest BCUT2D eigenvalue weighted by Gasteiger charge is -2.17. The van der Waals surface area contributed by atoms with Crippen LogP contribution in [0.5, 0.6) is 0 Å². The van der Waals surface area contributed by atoms with Gasteiger partial charge in [-0.15, -0.1) is 0 Å². The summed E-state index contributed by atoms with van der Waals surface area (Å²) in [6.45, 7) is 8.82.